The number of imidazole rings is 1. The summed E-state index contributed by atoms with van der Waals surface area (Å²) in [5.41, 5.74) is 9.08. The van der Waals surface area contributed by atoms with E-state index in [1.54, 1.807) is 13.3 Å². The normalized spacial score (nSPS) is 14.4. The van der Waals surface area contributed by atoms with Gasteiger partial charge in [-0.3, -0.25) is 4.79 Å². The van der Waals surface area contributed by atoms with Gasteiger partial charge in [0.25, 0.3) is 0 Å². The second-order valence-corrected chi connectivity index (χ2v) is 5.69. The van der Waals surface area contributed by atoms with Crippen molar-refractivity contribution in [2.45, 2.75) is 45.7 Å². The van der Waals surface area contributed by atoms with Crippen molar-refractivity contribution in [2.24, 2.45) is 5.73 Å². The van der Waals surface area contributed by atoms with Crippen LogP contribution in [0.1, 0.15) is 30.9 Å². The van der Waals surface area contributed by atoms with Gasteiger partial charge in [0.05, 0.1) is 17.4 Å². The molecule has 5 heteroatoms. The lowest BCUT2D eigenvalue weighted by Crippen LogP contribution is -2.44. The van der Waals surface area contributed by atoms with E-state index in [9.17, 15) is 4.79 Å². The predicted octanol–water partition coefficient (Wildman–Crippen LogP) is 2.24. The maximum absolute atomic E-state index is 11.0. The van der Waals surface area contributed by atoms with Crippen molar-refractivity contribution in [1.82, 2.24) is 9.55 Å². The summed E-state index contributed by atoms with van der Waals surface area (Å²) in [5, 5.41) is 8.99. The summed E-state index contributed by atoms with van der Waals surface area (Å²) in [6.07, 6.45) is 2.95. The van der Waals surface area contributed by atoms with Crippen molar-refractivity contribution in [3.05, 3.63) is 29.6 Å². The van der Waals surface area contributed by atoms with E-state index in [0.29, 0.717) is 12.8 Å². The van der Waals surface area contributed by atoms with Crippen molar-refractivity contribution >= 4 is 17.0 Å². The number of benzene rings is 1. The van der Waals surface area contributed by atoms with Crippen LogP contribution >= 0.6 is 0 Å². The summed E-state index contributed by atoms with van der Waals surface area (Å²) in [7, 11) is 0. The van der Waals surface area contributed by atoms with E-state index in [4.69, 9.17) is 10.8 Å². The van der Waals surface area contributed by atoms with E-state index in [-0.39, 0.29) is 0 Å². The summed E-state index contributed by atoms with van der Waals surface area (Å²) >= 11 is 0. The lowest BCUT2D eigenvalue weighted by molar-refractivity contribution is -0.142. The molecule has 2 rings (SSSR count). The molecule has 0 fully saturated rings. The molecular weight excluding hydrogens is 254 g/mol. The molecule has 3 N–H and O–H groups in total. The van der Waals surface area contributed by atoms with Crippen LogP contribution in [0.5, 0.6) is 0 Å². The van der Waals surface area contributed by atoms with Crippen molar-refractivity contribution in [3.63, 3.8) is 0 Å². The zero-order valence-corrected chi connectivity index (χ0v) is 12.2. The first-order valence-electron chi connectivity index (χ1n) is 6.75. The van der Waals surface area contributed by atoms with Gasteiger partial charge >= 0.3 is 5.97 Å². The van der Waals surface area contributed by atoms with Gasteiger partial charge in [-0.2, -0.15) is 0 Å². The van der Waals surface area contributed by atoms with Gasteiger partial charge in [-0.25, -0.2) is 4.98 Å². The molecule has 0 radical (unpaired) electrons. The molecule has 0 saturated heterocycles. The molecule has 2 aromatic rings. The standard InChI is InChI=1S/C15H21N3O2/c1-10-7-12-13(8-11(10)2)18(9-17-12)6-4-5-15(3,16)14(19)20/h7-9H,4-6,16H2,1-3H3,(H,19,20). The minimum Gasteiger partial charge on any atom is -0.480 e. The van der Waals surface area contributed by atoms with Crippen LogP contribution in [-0.4, -0.2) is 26.2 Å². The first kappa shape index (κ1) is 14.5. The van der Waals surface area contributed by atoms with Crippen molar-refractivity contribution < 1.29 is 9.90 Å². The van der Waals surface area contributed by atoms with Gasteiger partial charge in [0.2, 0.25) is 0 Å². The number of rotatable bonds is 5. The first-order chi connectivity index (χ1) is 9.31. The van der Waals surface area contributed by atoms with Crippen LogP contribution in [0.3, 0.4) is 0 Å². The van der Waals surface area contributed by atoms with Gasteiger partial charge in [0.1, 0.15) is 5.54 Å². The van der Waals surface area contributed by atoms with E-state index in [0.717, 1.165) is 17.6 Å². The summed E-state index contributed by atoms with van der Waals surface area (Å²) in [6.45, 7) is 6.42. The molecule has 0 amide bonds. The zero-order valence-electron chi connectivity index (χ0n) is 12.2. The molecule has 0 aliphatic heterocycles. The Morgan fingerprint density at radius 1 is 1.40 bits per heavy atom. The number of carboxylic acids is 1. The Morgan fingerprint density at radius 3 is 2.70 bits per heavy atom. The van der Waals surface area contributed by atoms with Gasteiger partial charge in [-0.1, -0.05) is 0 Å². The molecule has 20 heavy (non-hydrogen) atoms. The van der Waals surface area contributed by atoms with Crippen LogP contribution in [0.15, 0.2) is 18.5 Å². The molecule has 1 aromatic carbocycles. The number of fused-ring (bicyclic) bond motifs is 1. The molecule has 108 valence electrons. The van der Waals surface area contributed by atoms with Crippen LogP contribution < -0.4 is 5.73 Å². The number of aliphatic carboxylic acids is 1. The molecule has 1 unspecified atom stereocenters. The van der Waals surface area contributed by atoms with E-state index < -0.39 is 11.5 Å². The van der Waals surface area contributed by atoms with Crippen LogP contribution in [-0.2, 0) is 11.3 Å². The van der Waals surface area contributed by atoms with E-state index in [1.807, 2.05) is 0 Å². The molecule has 0 spiro atoms. The second kappa shape index (κ2) is 5.25. The van der Waals surface area contributed by atoms with Gasteiger partial charge in [-0.15, -0.1) is 0 Å². The Labute approximate surface area is 118 Å². The van der Waals surface area contributed by atoms with Gasteiger partial charge in [0, 0.05) is 6.54 Å². The molecule has 1 aromatic heterocycles. The number of carbonyl (C=O) groups is 1. The van der Waals surface area contributed by atoms with Crippen molar-refractivity contribution in [2.75, 3.05) is 0 Å². The highest BCUT2D eigenvalue weighted by molar-refractivity contribution is 5.78. The van der Waals surface area contributed by atoms with E-state index >= 15 is 0 Å². The highest BCUT2D eigenvalue weighted by Crippen LogP contribution is 2.19. The predicted molar refractivity (Wildman–Crippen MR) is 78.7 cm³/mol. The Hall–Kier alpha value is -1.88. The first-order valence-corrected chi connectivity index (χ1v) is 6.75. The molecule has 5 nitrogen and oxygen atoms in total. The summed E-state index contributed by atoms with van der Waals surface area (Å²) < 4.78 is 2.06. The Morgan fingerprint density at radius 2 is 2.05 bits per heavy atom. The zero-order chi connectivity index (χ0) is 14.9. The van der Waals surface area contributed by atoms with Crippen LogP contribution in [0.4, 0.5) is 0 Å². The third kappa shape index (κ3) is 2.82. The summed E-state index contributed by atoms with van der Waals surface area (Å²) in [5.74, 6) is -0.959. The van der Waals surface area contributed by atoms with Crippen molar-refractivity contribution in [3.8, 4) is 0 Å². The molecule has 0 aliphatic rings. The van der Waals surface area contributed by atoms with Crippen LogP contribution in [0.25, 0.3) is 11.0 Å². The summed E-state index contributed by atoms with van der Waals surface area (Å²) in [4.78, 5) is 15.3. The third-order valence-electron chi connectivity index (χ3n) is 3.82. The Balaban J connectivity index is 2.11. The highest BCUT2D eigenvalue weighted by Gasteiger charge is 2.26. The molecule has 0 aliphatic carbocycles. The van der Waals surface area contributed by atoms with Crippen LogP contribution in [0, 0.1) is 13.8 Å². The average molecular weight is 275 g/mol. The number of nitrogens with two attached hydrogens (primary N) is 1. The maximum atomic E-state index is 11.0. The number of aromatic nitrogens is 2. The monoisotopic (exact) mass is 275 g/mol. The fraction of sp³-hybridized carbons (Fsp3) is 0.467. The van der Waals surface area contributed by atoms with Gasteiger partial charge in [0.15, 0.2) is 0 Å². The molecule has 0 bridgehead atoms. The average Bonchev–Trinajstić information content (AvgIpc) is 2.72. The number of hydrogen-bond acceptors (Lipinski definition) is 3. The quantitative estimate of drug-likeness (QED) is 0.876. The molecule has 1 atom stereocenters. The second-order valence-electron chi connectivity index (χ2n) is 5.69. The third-order valence-corrected chi connectivity index (χ3v) is 3.82. The highest BCUT2D eigenvalue weighted by atomic mass is 16.4. The van der Waals surface area contributed by atoms with Crippen LogP contribution in [0.2, 0.25) is 0 Å². The Bertz CT molecular complexity index is 644. The SMILES string of the molecule is Cc1cc2ncn(CCCC(C)(N)C(=O)O)c2cc1C. The smallest absolute Gasteiger partial charge is 0.323 e. The van der Waals surface area contributed by atoms with E-state index in [2.05, 4.69) is 35.5 Å². The molecular formula is C15H21N3O2. The molecule has 0 saturated carbocycles. The lowest BCUT2D eigenvalue weighted by Gasteiger charge is -2.18. The van der Waals surface area contributed by atoms with Crippen molar-refractivity contribution in [1.29, 1.82) is 0 Å². The topological polar surface area (TPSA) is 81.1 Å². The lowest BCUT2D eigenvalue weighted by atomic mass is 9.97. The fourth-order valence-electron chi connectivity index (χ4n) is 2.21. The largest absolute Gasteiger partial charge is 0.480 e. The molecule has 1 heterocycles. The maximum Gasteiger partial charge on any atom is 0.323 e. The summed E-state index contributed by atoms with van der Waals surface area (Å²) in [6, 6.07) is 4.20. The van der Waals surface area contributed by atoms with Gasteiger partial charge < -0.3 is 15.4 Å². The van der Waals surface area contributed by atoms with Gasteiger partial charge in [-0.05, 0) is 56.9 Å². The number of carboxylic acid groups (broad SMARTS) is 1. The number of hydrogen-bond donors (Lipinski definition) is 2. The minimum absolute atomic E-state index is 0.437. The van der Waals surface area contributed by atoms with E-state index in [1.165, 1.54) is 11.1 Å². The Kier molecular flexibility index (Phi) is 3.81. The minimum atomic E-state index is -1.16. The number of nitrogens with zero attached hydrogens (tertiary/aromatic N) is 2. The fourth-order valence-corrected chi connectivity index (χ4v) is 2.21. The number of aryl methyl sites for hydroxylation is 3.